The maximum Gasteiger partial charge on any atom is 0.224 e. The third-order valence-corrected chi connectivity index (χ3v) is 3.71. The molecule has 1 amide bonds. The Bertz CT molecular complexity index is 661. The number of likely N-dealkylation sites (N-methyl/N-ethyl adjacent to an activating group) is 1. The fourth-order valence-corrected chi connectivity index (χ4v) is 2.66. The van der Waals surface area contributed by atoms with Gasteiger partial charge in [-0.15, -0.1) is 0 Å². The molecular formula is C14H15ClN4O. The molecule has 1 unspecified atom stereocenters. The highest BCUT2D eigenvalue weighted by molar-refractivity contribution is 6.28. The Morgan fingerprint density at radius 2 is 2.15 bits per heavy atom. The van der Waals surface area contributed by atoms with Gasteiger partial charge >= 0.3 is 0 Å². The predicted octanol–water partition coefficient (Wildman–Crippen LogP) is 2.32. The van der Waals surface area contributed by atoms with E-state index >= 15 is 0 Å². The standard InChI is InChI=1S/C14H15ClN4O/c1-19-8-9(6-7-12(19)20)16-13-10-4-2-3-5-11(10)17-14(15)18-13/h2-5,9H,6-8H2,1H3,(H,16,17,18). The molecule has 1 aromatic carbocycles. The number of fused-ring (bicyclic) bond motifs is 1. The first-order valence-electron chi connectivity index (χ1n) is 6.56. The van der Waals surface area contributed by atoms with E-state index in [1.54, 1.807) is 4.90 Å². The molecule has 0 saturated carbocycles. The summed E-state index contributed by atoms with van der Waals surface area (Å²) >= 11 is 5.97. The minimum absolute atomic E-state index is 0.187. The number of likely N-dealkylation sites (tertiary alicyclic amines) is 1. The largest absolute Gasteiger partial charge is 0.365 e. The van der Waals surface area contributed by atoms with Crippen LogP contribution in [0.3, 0.4) is 0 Å². The van der Waals surface area contributed by atoms with Crippen molar-refractivity contribution in [2.45, 2.75) is 18.9 Å². The number of carbonyl (C=O) groups excluding carboxylic acids is 1. The Balaban J connectivity index is 1.89. The molecule has 1 saturated heterocycles. The van der Waals surface area contributed by atoms with Crippen molar-refractivity contribution >= 4 is 34.2 Å². The predicted molar refractivity (Wildman–Crippen MR) is 78.8 cm³/mol. The van der Waals surface area contributed by atoms with E-state index in [2.05, 4.69) is 15.3 Å². The van der Waals surface area contributed by atoms with Gasteiger partial charge < -0.3 is 10.2 Å². The third-order valence-electron chi connectivity index (χ3n) is 3.54. The van der Waals surface area contributed by atoms with Gasteiger partial charge in [-0.25, -0.2) is 9.97 Å². The normalized spacial score (nSPS) is 19.4. The van der Waals surface area contributed by atoms with E-state index in [4.69, 9.17) is 11.6 Å². The molecule has 0 spiro atoms. The number of piperidine rings is 1. The minimum atomic E-state index is 0.187. The first-order valence-corrected chi connectivity index (χ1v) is 6.94. The fourth-order valence-electron chi connectivity index (χ4n) is 2.48. The lowest BCUT2D eigenvalue weighted by atomic mass is 10.1. The highest BCUT2D eigenvalue weighted by Gasteiger charge is 2.23. The van der Waals surface area contributed by atoms with Gasteiger partial charge in [0.05, 0.1) is 5.52 Å². The first kappa shape index (κ1) is 13.1. The molecule has 104 valence electrons. The van der Waals surface area contributed by atoms with E-state index in [9.17, 15) is 4.79 Å². The molecule has 0 bridgehead atoms. The second-order valence-corrected chi connectivity index (χ2v) is 5.35. The minimum Gasteiger partial charge on any atom is -0.365 e. The van der Waals surface area contributed by atoms with Crippen LogP contribution in [-0.4, -0.2) is 40.4 Å². The summed E-state index contributed by atoms with van der Waals surface area (Å²) in [5.41, 5.74) is 0.815. The number of para-hydroxylation sites is 1. The summed E-state index contributed by atoms with van der Waals surface area (Å²) in [7, 11) is 1.82. The lowest BCUT2D eigenvalue weighted by molar-refractivity contribution is -0.132. The van der Waals surface area contributed by atoms with Gasteiger partial charge in [0, 0.05) is 31.4 Å². The van der Waals surface area contributed by atoms with Gasteiger partial charge in [0.2, 0.25) is 11.2 Å². The lowest BCUT2D eigenvalue weighted by Gasteiger charge is -2.30. The Morgan fingerprint density at radius 3 is 2.95 bits per heavy atom. The van der Waals surface area contributed by atoms with Crippen LogP contribution in [0.5, 0.6) is 0 Å². The second kappa shape index (κ2) is 5.25. The zero-order valence-corrected chi connectivity index (χ0v) is 11.9. The molecule has 1 aliphatic heterocycles. The Morgan fingerprint density at radius 1 is 1.35 bits per heavy atom. The first-order chi connectivity index (χ1) is 9.63. The molecule has 5 nitrogen and oxygen atoms in total. The van der Waals surface area contributed by atoms with Crippen molar-refractivity contribution in [3.8, 4) is 0 Å². The molecule has 6 heteroatoms. The number of nitrogens with zero attached hydrogens (tertiary/aromatic N) is 3. The summed E-state index contributed by atoms with van der Waals surface area (Å²) in [6.45, 7) is 0.675. The van der Waals surface area contributed by atoms with E-state index in [0.29, 0.717) is 13.0 Å². The van der Waals surface area contributed by atoms with Crippen LogP contribution in [0, 0.1) is 0 Å². The maximum atomic E-state index is 11.5. The number of hydrogen-bond donors (Lipinski definition) is 1. The molecule has 1 fully saturated rings. The molecule has 3 rings (SSSR count). The monoisotopic (exact) mass is 290 g/mol. The fraction of sp³-hybridized carbons (Fsp3) is 0.357. The number of anilines is 1. The Labute approximate surface area is 122 Å². The second-order valence-electron chi connectivity index (χ2n) is 5.01. The van der Waals surface area contributed by atoms with Crippen LogP contribution in [0.2, 0.25) is 5.28 Å². The summed E-state index contributed by atoms with van der Waals surface area (Å²) in [6, 6.07) is 7.92. The van der Waals surface area contributed by atoms with Crippen molar-refractivity contribution in [2.75, 3.05) is 18.9 Å². The average Bonchev–Trinajstić information content (AvgIpc) is 2.43. The molecule has 2 heterocycles. The number of carbonyl (C=O) groups is 1. The molecule has 1 aliphatic rings. The van der Waals surface area contributed by atoms with Crippen molar-refractivity contribution in [1.29, 1.82) is 0 Å². The van der Waals surface area contributed by atoms with Crippen LogP contribution in [0.1, 0.15) is 12.8 Å². The summed E-state index contributed by atoms with van der Waals surface area (Å²) in [4.78, 5) is 21.7. The number of amides is 1. The van der Waals surface area contributed by atoms with Gasteiger partial charge in [-0.1, -0.05) is 12.1 Å². The molecule has 1 aromatic heterocycles. The third kappa shape index (κ3) is 2.54. The molecule has 0 radical (unpaired) electrons. The topological polar surface area (TPSA) is 58.1 Å². The molecular weight excluding hydrogens is 276 g/mol. The average molecular weight is 291 g/mol. The Kier molecular flexibility index (Phi) is 3.44. The molecule has 20 heavy (non-hydrogen) atoms. The van der Waals surface area contributed by atoms with Crippen molar-refractivity contribution in [1.82, 2.24) is 14.9 Å². The number of benzene rings is 1. The van der Waals surface area contributed by atoms with Gasteiger partial charge in [0.25, 0.3) is 0 Å². The van der Waals surface area contributed by atoms with Gasteiger partial charge in [-0.2, -0.15) is 0 Å². The maximum absolute atomic E-state index is 11.5. The highest BCUT2D eigenvalue weighted by Crippen LogP contribution is 2.24. The van der Waals surface area contributed by atoms with Gasteiger partial charge in [0.1, 0.15) is 5.82 Å². The van der Waals surface area contributed by atoms with Crippen LogP contribution in [0.25, 0.3) is 10.9 Å². The van der Waals surface area contributed by atoms with Gasteiger partial charge in [0.15, 0.2) is 0 Å². The quantitative estimate of drug-likeness (QED) is 0.863. The summed E-state index contributed by atoms with van der Waals surface area (Å²) in [5.74, 6) is 0.918. The summed E-state index contributed by atoms with van der Waals surface area (Å²) < 4.78 is 0. The lowest BCUT2D eigenvalue weighted by Crippen LogP contribution is -2.43. The Hall–Kier alpha value is -1.88. The molecule has 0 aliphatic carbocycles. The number of rotatable bonds is 2. The van der Waals surface area contributed by atoms with E-state index in [1.165, 1.54) is 0 Å². The van der Waals surface area contributed by atoms with Gasteiger partial charge in [-0.3, -0.25) is 4.79 Å². The van der Waals surface area contributed by atoms with Crippen molar-refractivity contribution in [3.63, 3.8) is 0 Å². The van der Waals surface area contributed by atoms with E-state index < -0.39 is 0 Å². The van der Waals surface area contributed by atoms with Crippen LogP contribution < -0.4 is 5.32 Å². The number of halogens is 1. The molecule has 2 aromatic rings. The van der Waals surface area contributed by atoms with Crippen molar-refractivity contribution in [2.24, 2.45) is 0 Å². The van der Waals surface area contributed by atoms with Crippen molar-refractivity contribution < 1.29 is 4.79 Å². The van der Waals surface area contributed by atoms with Crippen LogP contribution in [-0.2, 0) is 4.79 Å². The van der Waals surface area contributed by atoms with Crippen LogP contribution in [0.4, 0.5) is 5.82 Å². The highest BCUT2D eigenvalue weighted by atomic mass is 35.5. The molecule has 1 N–H and O–H groups in total. The van der Waals surface area contributed by atoms with Crippen LogP contribution >= 0.6 is 11.6 Å². The van der Waals surface area contributed by atoms with E-state index in [-0.39, 0.29) is 17.2 Å². The molecule has 1 atom stereocenters. The van der Waals surface area contributed by atoms with E-state index in [0.717, 1.165) is 23.1 Å². The summed E-state index contributed by atoms with van der Waals surface area (Å²) in [6.07, 6.45) is 1.37. The summed E-state index contributed by atoms with van der Waals surface area (Å²) in [5, 5.41) is 4.56. The SMILES string of the molecule is CN1CC(Nc2nc(Cl)nc3ccccc23)CCC1=O. The van der Waals surface area contributed by atoms with Crippen molar-refractivity contribution in [3.05, 3.63) is 29.5 Å². The number of nitrogens with one attached hydrogen (secondary N) is 1. The van der Waals surface area contributed by atoms with Crippen LogP contribution in [0.15, 0.2) is 24.3 Å². The zero-order valence-electron chi connectivity index (χ0n) is 11.1. The van der Waals surface area contributed by atoms with Gasteiger partial charge in [-0.05, 0) is 30.2 Å². The van der Waals surface area contributed by atoms with E-state index in [1.807, 2.05) is 31.3 Å². The zero-order chi connectivity index (χ0) is 14.1. The number of hydrogen-bond acceptors (Lipinski definition) is 4. The smallest absolute Gasteiger partial charge is 0.224 e. The number of aromatic nitrogens is 2.